The van der Waals surface area contributed by atoms with Crippen LogP contribution < -0.4 is 11.1 Å². The third-order valence-electron chi connectivity index (χ3n) is 2.14. The van der Waals surface area contributed by atoms with E-state index in [4.69, 9.17) is 5.73 Å². The van der Waals surface area contributed by atoms with Gasteiger partial charge in [-0.3, -0.25) is 0 Å². The average molecular weight is 226 g/mol. The molecule has 0 spiro atoms. The van der Waals surface area contributed by atoms with Gasteiger partial charge < -0.3 is 15.8 Å². The maximum absolute atomic E-state index is 13.0. The highest BCUT2D eigenvalue weighted by Crippen LogP contribution is 2.18. The normalized spacial score (nSPS) is 12.0. The molecular weight excluding hydrogens is 211 g/mol. The number of carbonyl (C=O) groups excluding carboxylic acids is 1. The Morgan fingerprint density at radius 1 is 1.62 bits per heavy atom. The predicted molar refractivity (Wildman–Crippen MR) is 59.9 cm³/mol. The fraction of sp³-hybridized carbons (Fsp3) is 0.364. The number of hydrogen-bond acceptors (Lipinski definition) is 4. The van der Waals surface area contributed by atoms with Crippen molar-refractivity contribution in [2.24, 2.45) is 5.73 Å². The first-order chi connectivity index (χ1) is 7.58. The second kappa shape index (κ2) is 5.46. The number of hydrogen-bond donors (Lipinski definition) is 2. The van der Waals surface area contributed by atoms with Crippen molar-refractivity contribution in [3.8, 4) is 0 Å². The molecule has 0 aliphatic rings. The van der Waals surface area contributed by atoms with E-state index in [2.05, 4.69) is 10.1 Å². The average Bonchev–Trinajstić information content (AvgIpc) is 2.28. The molecule has 16 heavy (non-hydrogen) atoms. The number of nitrogens with two attached hydrogens (primary N) is 1. The summed E-state index contributed by atoms with van der Waals surface area (Å²) in [5.74, 6) is -0.925. The van der Waals surface area contributed by atoms with Crippen molar-refractivity contribution in [3.63, 3.8) is 0 Å². The lowest BCUT2D eigenvalue weighted by Gasteiger charge is -2.15. The van der Waals surface area contributed by atoms with Gasteiger partial charge in [0.25, 0.3) is 0 Å². The molecule has 0 amide bonds. The van der Waals surface area contributed by atoms with Crippen LogP contribution in [0.1, 0.15) is 17.3 Å². The van der Waals surface area contributed by atoms with Crippen LogP contribution in [0.3, 0.4) is 0 Å². The maximum Gasteiger partial charge on any atom is 0.339 e. The van der Waals surface area contributed by atoms with Gasteiger partial charge >= 0.3 is 5.97 Å². The molecule has 3 N–H and O–H groups in total. The van der Waals surface area contributed by atoms with E-state index in [0.29, 0.717) is 17.8 Å². The molecular formula is C11H15FN2O2. The van der Waals surface area contributed by atoms with Gasteiger partial charge in [-0.2, -0.15) is 0 Å². The van der Waals surface area contributed by atoms with E-state index < -0.39 is 11.8 Å². The first-order valence-electron chi connectivity index (χ1n) is 4.93. The van der Waals surface area contributed by atoms with Crippen LogP contribution >= 0.6 is 0 Å². The monoisotopic (exact) mass is 226 g/mol. The van der Waals surface area contributed by atoms with Crippen LogP contribution in [0.25, 0.3) is 0 Å². The molecule has 0 bridgehead atoms. The summed E-state index contributed by atoms with van der Waals surface area (Å²) in [5, 5.41) is 2.95. The van der Waals surface area contributed by atoms with Crippen molar-refractivity contribution < 1.29 is 13.9 Å². The Balaban J connectivity index is 3.03. The minimum absolute atomic E-state index is 0.0507. The molecule has 4 nitrogen and oxygen atoms in total. The lowest BCUT2D eigenvalue weighted by molar-refractivity contribution is 0.0602. The zero-order valence-electron chi connectivity index (χ0n) is 9.29. The lowest BCUT2D eigenvalue weighted by Crippen LogP contribution is -2.26. The van der Waals surface area contributed by atoms with Gasteiger partial charge in [0.05, 0.1) is 18.4 Å². The van der Waals surface area contributed by atoms with Crippen LogP contribution in [0.2, 0.25) is 0 Å². The fourth-order valence-electron chi connectivity index (χ4n) is 1.25. The van der Waals surface area contributed by atoms with E-state index in [-0.39, 0.29) is 6.04 Å². The van der Waals surface area contributed by atoms with Crippen LogP contribution in [-0.2, 0) is 4.74 Å². The summed E-state index contributed by atoms with van der Waals surface area (Å²) >= 11 is 0. The highest BCUT2D eigenvalue weighted by atomic mass is 19.1. The van der Waals surface area contributed by atoms with Gasteiger partial charge in [-0.15, -0.1) is 0 Å². The quantitative estimate of drug-likeness (QED) is 0.761. The van der Waals surface area contributed by atoms with E-state index >= 15 is 0 Å². The number of anilines is 1. The third kappa shape index (κ3) is 2.93. The Hall–Kier alpha value is -1.62. The van der Waals surface area contributed by atoms with Crippen LogP contribution in [-0.4, -0.2) is 25.7 Å². The minimum atomic E-state index is -0.508. The first-order valence-corrected chi connectivity index (χ1v) is 4.93. The lowest BCUT2D eigenvalue weighted by atomic mass is 10.1. The SMILES string of the molecule is COC(=O)c1ccc(F)cc1NC(C)CN. The summed E-state index contributed by atoms with van der Waals surface area (Å²) in [4.78, 5) is 11.4. The number of ether oxygens (including phenoxy) is 1. The Bertz CT molecular complexity index is 382. The number of nitrogens with one attached hydrogen (secondary N) is 1. The standard InChI is InChI=1S/C11H15FN2O2/c1-7(6-13)14-10-5-8(12)3-4-9(10)11(15)16-2/h3-5,7,14H,6,13H2,1-2H3. The second-order valence-corrected chi connectivity index (χ2v) is 3.46. The Morgan fingerprint density at radius 2 is 2.31 bits per heavy atom. The molecule has 0 saturated heterocycles. The van der Waals surface area contributed by atoms with Gasteiger partial charge in [-0.25, -0.2) is 9.18 Å². The summed E-state index contributed by atoms with van der Waals surface area (Å²) in [7, 11) is 1.28. The molecule has 1 aromatic carbocycles. The second-order valence-electron chi connectivity index (χ2n) is 3.46. The topological polar surface area (TPSA) is 64.3 Å². The molecule has 0 aromatic heterocycles. The van der Waals surface area contributed by atoms with Gasteiger partial charge in [-0.05, 0) is 25.1 Å². The van der Waals surface area contributed by atoms with Gasteiger partial charge in [0.1, 0.15) is 5.82 Å². The third-order valence-corrected chi connectivity index (χ3v) is 2.14. The Kier molecular flexibility index (Phi) is 4.25. The molecule has 0 saturated carbocycles. The summed E-state index contributed by atoms with van der Waals surface area (Å²) in [5.41, 5.74) is 6.13. The molecule has 0 heterocycles. The highest BCUT2D eigenvalue weighted by Gasteiger charge is 2.13. The number of benzene rings is 1. The van der Waals surface area contributed by atoms with E-state index in [9.17, 15) is 9.18 Å². The molecule has 1 rings (SSSR count). The molecule has 1 unspecified atom stereocenters. The largest absolute Gasteiger partial charge is 0.465 e. The zero-order chi connectivity index (χ0) is 12.1. The Labute approximate surface area is 93.6 Å². The number of rotatable bonds is 4. The summed E-state index contributed by atoms with van der Waals surface area (Å²) in [6.07, 6.45) is 0. The first kappa shape index (κ1) is 12.4. The van der Waals surface area contributed by atoms with Gasteiger partial charge in [0.15, 0.2) is 0 Å². The van der Waals surface area contributed by atoms with Gasteiger partial charge in [0, 0.05) is 12.6 Å². The summed E-state index contributed by atoms with van der Waals surface area (Å²) in [6.45, 7) is 2.23. The number of esters is 1. The summed E-state index contributed by atoms with van der Waals surface area (Å²) in [6, 6.07) is 3.79. The summed E-state index contributed by atoms with van der Waals surface area (Å²) < 4.78 is 17.6. The minimum Gasteiger partial charge on any atom is -0.465 e. The molecule has 0 radical (unpaired) electrons. The smallest absolute Gasteiger partial charge is 0.339 e. The molecule has 1 atom stereocenters. The number of methoxy groups -OCH3 is 1. The van der Waals surface area contributed by atoms with E-state index in [1.54, 1.807) is 0 Å². The van der Waals surface area contributed by atoms with E-state index in [1.165, 1.54) is 25.3 Å². The molecule has 88 valence electrons. The van der Waals surface area contributed by atoms with Gasteiger partial charge in [-0.1, -0.05) is 0 Å². The fourth-order valence-corrected chi connectivity index (χ4v) is 1.25. The van der Waals surface area contributed by atoms with Crippen molar-refractivity contribution in [1.29, 1.82) is 0 Å². The molecule has 5 heteroatoms. The van der Waals surface area contributed by atoms with Gasteiger partial charge in [0.2, 0.25) is 0 Å². The van der Waals surface area contributed by atoms with Crippen LogP contribution in [0.4, 0.5) is 10.1 Å². The van der Waals surface area contributed by atoms with E-state index in [0.717, 1.165) is 0 Å². The molecule has 0 aliphatic carbocycles. The van der Waals surface area contributed by atoms with Crippen molar-refractivity contribution in [2.75, 3.05) is 19.0 Å². The molecule has 0 aliphatic heterocycles. The number of halogens is 1. The van der Waals surface area contributed by atoms with Crippen molar-refractivity contribution in [3.05, 3.63) is 29.6 Å². The Morgan fingerprint density at radius 3 is 2.88 bits per heavy atom. The van der Waals surface area contributed by atoms with Crippen LogP contribution in [0.5, 0.6) is 0 Å². The molecule has 1 aromatic rings. The van der Waals surface area contributed by atoms with Crippen LogP contribution in [0, 0.1) is 5.82 Å². The molecule has 0 fully saturated rings. The van der Waals surface area contributed by atoms with Crippen molar-refractivity contribution in [1.82, 2.24) is 0 Å². The number of carbonyl (C=O) groups is 1. The predicted octanol–water partition coefficient (Wildman–Crippen LogP) is 1.37. The van der Waals surface area contributed by atoms with Crippen molar-refractivity contribution >= 4 is 11.7 Å². The highest BCUT2D eigenvalue weighted by molar-refractivity contribution is 5.95. The van der Waals surface area contributed by atoms with Crippen LogP contribution in [0.15, 0.2) is 18.2 Å². The van der Waals surface area contributed by atoms with E-state index in [1.807, 2.05) is 6.92 Å². The zero-order valence-corrected chi connectivity index (χ0v) is 9.29. The maximum atomic E-state index is 13.0. The van der Waals surface area contributed by atoms with Crippen molar-refractivity contribution in [2.45, 2.75) is 13.0 Å².